The highest BCUT2D eigenvalue weighted by atomic mass is 16.2. The molecule has 0 aliphatic carbocycles. The molecule has 1 aromatic carbocycles. The van der Waals surface area contributed by atoms with Crippen LogP contribution in [0.3, 0.4) is 0 Å². The third-order valence-electron chi connectivity index (χ3n) is 4.67. The van der Waals surface area contributed by atoms with Crippen molar-refractivity contribution in [2.45, 2.75) is 26.2 Å². The second-order valence-corrected chi connectivity index (χ2v) is 5.95. The summed E-state index contributed by atoms with van der Waals surface area (Å²) in [6, 6.07) is 8.07. The molecule has 2 fully saturated rings. The third kappa shape index (κ3) is 2.39. The van der Waals surface area contributed by atoms with E-state index < -0.39 is 0 Å². The van der Waals surface area contributed by atoms with E-state index in [2.05, 4.69) is 24.4 Å². The second-order valence-electron chi connectivity index (χ2n) is 5.95. The van der Waals surface area contributed by atoms with E-state index in [4.69, 9.17) is 0 Å². The number of benzene rings is 1. The van der Waals surface area contributed by atoms with Gasteiger partial charge >= 0.3 is 0 Å². The molecule has 1 aromatic rings. The first-order valence-corrected chi connectivity index (χ1v) is 7.31. The minimum Gasteiger partial charge on any atom is -0.338 e. The summed E-state index contributed by atoms with van der Waals surface area (Å²) in [7, 11) is 0. The van der Waals surface area contributed by atoms with Gasteiger partial charge in [-0.2, -0.15) is 0 Å². The van der Waals surface area contributed by atoms with Gasteiger partial charge in [-0.05, 0) is 43.5 Å². The van der Waals surface area contributed by atoms with E-state index in [1.807, 2.05) is 17.0 Å². The van der Waals surface area contributed by atoms with E-state index in [0.717, 1.165) is 44.6 Å². The Kier molecular flexibility index (Phi) is 3.31. The van der Waals surface area contributed by atoms with Crippen LogP contribution in [-0.4, -0.2) is 37.0 Å². The minimum atomic E-state index is 0.200. The molecule has 3 nitrogen and oxygen atoms in total. The van der Waals surface area contributed by atoms with Gasteiger partial charge in [0.1, 0.15) is 0 Å². The van der Waals surface area contributed by atoms with Crippen LogP contribution < -0.4 is 5.32 Å². The summed E-state index contributed by atoms with van der Waals surface area (Å²) in [5, 5.41) is 3.43. The molecule has 19 heavy (non-hydrogen) atoms. The predicted octanol–water partition coefficient (Wildman–Crippen LogP) is 2.07. The van der Waals surface area contributed by atoms with Gasteiger partial charge in [-0.1, -0.05) is 19.1 Å². The number of likely N-dealkylation sites (tertiary alicyclic amines) is 1. The van der Waals surface area contributed by atoms with Gasteiger partial charge in [0, 0.05) is 30.6 Å². The maximum Gasteiger partial charge on any atom is 0.253 e. The van der Waals surface area contributed by atoms with Crippen LogP contribution >= 0.6 is 0 Å². The predicted molar refractivity (Wildman–Crippen MR) is 76.3 cm³/mol. The van der Waals surface area contributed by atoms with Crippen LogP contribution in [0.25, 0.3) is 0 Å². The lowest BCUT2D eigenvalue weighted by Gasteiger charge is -2.22. The molecular formula is C16H22N2O. The Morgan fingerprint density at radius 1 is 1.32 bits per heavy atom. The molecular weight excluding hydrogens is 236 g/mol. The summed E-state index contributed by atoms with van der Waals surface area (Å²) in [4.78, 5) is 14.5. The molecule has 0 saturated carbocycles. The summed E-state index contributed by atoms with van der Waals surface area (Å²) in [5.41, 5.74) is 2.48. The first kappa shape index (κ1) is 12.7. The molecule has 102 valence electrons. The summed E-state index contributed by atoms with van der Waals surface area (Å²) >= 11 is 0. The van der Waals surface area contributed by atoms with Crippen LogP contribution in [0.15, 0.2) is 24.3 Å². The van der Waals surface area contributed by atoms with Gasteiger partial charge in [-0.25, -0.2) is 0 Å². The fourth-order valence-electron chi connectivity index (χ4n) is 3.32. The minimum absolute atomic E-state index is 0.200. The zero-order valence-corrected chi connectivity index (χ0v) is 11.6. The van der Waals surface area contributed by atoms with Crippen LogP contribution in [0, 0.1) is 5.41 Å². The highest BCUT2D eigenvalue weighted by Crippen LogP contribution is 2.36. The number of nitrogens with one attached hydrogen (secondary N) is 1. The molecule has 1 atom stereocenters. The molecule has 1 unspecified atom stereocenters. The first-order chi connectivity index (χ1) is 9.22. The largest absolute Gasteiger partial charge is 0.338 e. The van der Waals surface area contributed by atoms with Crippen molar-refractivity contribution in [3.63, 3.8) is 0 Å². The van der Waals surface area contributed by atoms with E-state index in [1.54, 1.807) is 0 Å². The molecule has 2 aliphatic heterocycles. The Balaban J connectivity index is 1.70. The van der Waals surface area contributed by atoms with Crippen molar-refractivity contribution in [3.05, 3.63) is 35.4 Å². The third-order valence-corrected chi connectivity index (χ3v) is 4.67. The maximum absolute atomic E-state index is 12.5. The van der Waals surface area contributed by atoms with Gasteiger partial charge in [0.25, 0.3) is 5.91 Å². The smallest absolute Gasteiger partial charge is 0.253 e. The number of aryl methyl sites for hydroxylation is 1. The van der Waals surface area contributed by atoms with E-state index >= 15 is 0 Å². The average molecular weight is 258 g/mol. The zero-order valence-electron chi connectivity index (χ0n) is 11.6. The molecule has 3 heteroatoms. The lowest BCUT2D eigenvalue weighted by molar-refractivity contribution is 0.0775. The Morgan fingerprint density at radius 2 is 2.11 bits per heavy atom. The van der Waals surface area contributed by atoms with E-state index in [9.17, 15) is 4.79 Å². The molecule has 2 saturated heterocycles. The fourth-order valence-corrected chi connectivity index (χ4v) is 3.32. The number of amides is 1. The van der Waals surface area contributed by atoms with Crippen LogP contribution in [0.1, 0.15) is 35.7 Å². The number of carbonyl (C=O) groups excluding carboxylic acids is 1. The number of hydrogen-bond acceptors (Lipinski definition) is 2. The van der Waals surface area contributed by atoms with Crippen molar-refractivity contribution >= 4 is 5.91 Å². The topological polar surface area (TPSA) is 32.3 Å². The van der Waals surface area contributed by atoms with Gasteiger partial charge in [-0.3, -0.25) is 4.79 Å². The summed E-state index contributed by atoms with van der Waals surface area (Å²) < 4.78 is 0. The standard InChI is InChI=1S/C16H22N2O/c1-2-13-3-5-14(6-4-13)15(19)18-10-8-16(12-18)7-9-17-11-16/h3-6,17H,2,7-12H2,1H3. The van der Waals surface area contributed by atoms with Gasteiger partial charge in [-0.15, -0.1) is 0 Å². The Morgan fingerprint density at radius 3 is 2.74 bits per heavy atom. The van der Waals surface area contributed by atoms with Crippen molar-refractivity contribution in [2.75, 3.05) is 26.2 Å². The molecule has 2 heterocycles. The van der Waals surface area contributed by atoms with Crippen molar-refractivity contribution in [1.82, 2.24) is 10.2 Å². The molecule has 1 N–H and O–H groups in total. The molecule has 0 aromatic heterocycles. The quantitative estimate of drug-likeness (QED) is 0.881. The maximum atomic E-state index is 12.5. The van der Waals surface area contributed by atoms with Crippen LogP contribution in [-0.2, 0) is 6.42 Å². The van der Waals surface area contributed by atoms with Gasteiger partial charge in [0.2, 0.25) is 0 Å². The Hall–Kier alpha value is -1.35. The number of hydrogen-bond donors (Lipinski definition) is 1. The molecule has 3 rings (SSSR count). The van der Waals surface area contributed by atoms with Crippen molar-refractivity contribution in [2.24, 2.45) is 5.41 Å². The van der Waals surface area contributed by atoms with Crippen LogP contribution in [0.2, 0.25) is 0 Å². The SMILES string of the molecule is CCc1ccc(C(=O)N2CCC3(CCNC3)C2)cc1. The van der Waals surface area contributed by atoms with Crippen LogP contribution in [0.5, 0.6) is 0 Å². The number of nitrogens with zero attached hydrogens (tertiary/aromatic N) is 1. The average Bonchev–Trinajstić information content (AvgIpc) is 3.09. The highest BCUT2D eigenvalue weighted by molar-refractivity contribution is 5.94. The van der Waals surface area contributed by atoms with Gasteiger partial charge < -0.3 is 10.2 Å². The molecule has 1 spiro atoms. The van der Waals surface area contributed by atoms with Gasteiger partial charge in [0.15, 0.2) is 0 Å². The van der Waals surface area contributed by atoms with E-state index in [1.165, 1.54) is 12.0 Å². The summed E-state index contributed by atoms with van der Waals surface area (Å²) in [5.74, 6) is 0.200. The lowest BCUT2D eigenvalue weighted by Crippen LogP contribution is -2.33. The van der Waals surface area contributed by atoms with Crippen molar-refractivity contribution < 1.29 is 4.79 Å². The Labute approximate surface area is 115 Å². The van der Waals surface area contributed by atoms with Crippen molar-refractivity contribution in [3.8, 4) is 0 Å². The van der Waals surface area contributed by atoms with E-state index in [0.29, 0.717) is 5.41 Å². The number of carbonyl (C=O) groups is 1. The van der Waals surface area contributed by atoms with Crippen molar-refractivity contribution in [1.29, 1.82) is 0 Å². The van der Waals surface area contributed by atoms with Gasteiger partial charge in [0.05, 0.1) is 0 Å². The van der Waals surface area contributed by atoms with Crippen LogP contribution in [0.4, 0.5) is 0 Å². The zero-order chi connectivity index (χ0) is 13.3. The monoisotopic (exact) mass is 258 g/mol. The van der Waals surface area contributed by atoms with E-state index in [-0.39, 0.29) is 5.91 Å². The Bertz CT molecular complexity index is 460. The summed E-state index contributed by atoms with van der Waals surface area (Å²) in [6.07, 6.45) is 3.39. The number of rotatable bonds is 2. The fraction of sp³-hybridized carbons (Fsp3) is 0.562. The molecule has 1 amide bonds. The molecule has 0 bridgehead atoms. The summed E-state index contributed by atoms with van der Waals surface area (Å²) in [6.45, 7) is 6.15. The normalized spacial score (nSPS) is 26.3. The first-order valence-electron chi connectivity index (χ1n) is 7.31. The second kappa shape index (κ2) is 4.97. The lowest BCUT2D eigenvalue weighted by atomic mass is 9.86. The highest BCUT2D eigenvalue weighted by Gasteiger charge is 2.41. The molecule has 2 aliphatic rings. The molecule has 0 radical (unpaired) electrons.